The summed E-state index contributed by atoms with van der Waals surface area (Å²) in [6.45, 7) is 4.38. The zero-order valence-corrected chi connectivity index (χ0v) is 16.3. The van der Waals surface area contributed by atoms with E-state index >= 15 is 0 Å². The van der Waals surface area contributed by atoms with E-state index in [1.54, 1.807) is 6.07 Å². The molecule has 0 spiro atoms. The van der Waals surface area contributed by atoms with Crippen LogP contribution in [0.5, 0.6) is 5.75 Å². The van der Waals surface area contributed by atoms with Gasteiger partial charge in [0.25, 0.3) is 5.91 Å². The molecule has 0 saturated carbocycles. The SMILES string of the molecule is O=C(c1cc(COc2ccccc2)[nH]n1)N1CCC(N2CCSCC2)CC1. The van der Waals surface area contributed by atoms with E-state index in [0.29, 0.717) is 18.3 Å². The van der Waals surface area contributed by atoms with Gasteiger partial charge in [0.15, 0.2) is 5.69 Å². The number of rotatable bonds is 5. The minimum atomic E-state index is 0.0184. The number of ether oxygens (including phenoxy) is 1. The Balaban J connectivity index is 1.28. The van der Waals surface area contributed by atoms with Gasteiger partial charge in [0.1, 0.15) is 12.4 Å². The van der Waals surface area contributed by atoms with Crippen LogP contribution in [0.1, 0.15) is 29.0 Å². The van der Waals surface area contributed by atoms with E-state index in [1.807, 2.05) is 47.0 Å². The fourth-order valence-electron chi connectivity index (χ4n) is 3.76. The first kappa shape index (κ1) is 18.4. The molecule has 2 fully saturated rings. The fourth-order valence-corrected chi connectivity index (χ4v) is 4.69. The fraction of sp³-hybridized carbons (Fsp3) is 0.500. The third-order valence-electron chi connectivity index (χ3n) is 5.30. The molecule has 0 atom stereocenters. The number of carbonyl (C=O) groups is 1. The molecular weight excluding hydrogens is 360 g/mol. The van der Waals surface area contributed by atoms with Crippen molar-refractivity contribution in [2.75, 3.05) is 37.7 Å². The van der Waals surface area contributed by atoms with Crippen LogP contribution in [0.4, 0.5) is 0 Å². The number of nitrogens with one attached hydrogen (secondary N) is 1. The van der Waals surface area contributed by atoms with Crippen molar-refractivity contribution in [2.45, 2.75) is 25.5 Å². The lowest BCUT2D eigenvalue weighted by atomic mass is 10.0. The van der Waals surface area contributed by atoms with E-state index in [2.05, 4.69) is 15.1 Å². The molecule has 6 nitrogen and oxygen atoms in total. The number of amides is 1. The van der Waals surface area contributed by atoms with Crippen molar-refractivity contribution in [2.24, 2.45) is 0 Å². The van der Waals surface area contributed by atoms with E-state index in [4.69, 9.17) is 4.74 Å². The summed E-state index contributed by atoms with van der Waals surface area (Å²) in [4.78, 5) is 17.3. The normalized spacial score (nSPS) is 19.2. The molecule has 3 heterocycles. The quantitative estimate of drug-likeness (QED) is 0.856. The van der Waals surface area contributed by atoms with Gasteiger partial charge in [-0.2, -0.15) is 16.9 Å². The molecule has 144 valence electrons. The van der Waals surface area contributed by atoms with Gasteiger partial charge in [-0.3, -0.25) is 14.8 Å². The van der Waals surface area contributed by atoms with Crippen LogP contribution in [-0.4, -0.2) is 69.6 Å². The van der Waals surface area contributed by atoms with Crippen molar-refractivity contribution in [1.82, 2.24) is 20.0 Å². The summed E-state index contributed by atoms with van der Waals surface area (Å²) < 4.78 is 5.71. The van der Waals surface area contributed by atoms with E-state index < -0.39 is 0 Å². The summed E-state index contributed by atoms with van der Waals surface area (Å²) in [7, 11) is 0. The molecule has 1 aromatic carbocycles. The highest BCUT2D eigenvalue weighted by atomic mass is 32.2. The van der Waals surface area contributed by atoms with Crippen LogP contribution in [0.25, 0.3) is 0 Å². The van der Waals surface area contributed by atoms with Crippen molar-refractivity contribution in [3.8, 4) is 5.75 Å². The van der Waals surface area contributed by atoms with Crippen LogP contribution in [0, 0.1) is 0 Å². The highest BCUT2D eigenvalue weighted by Gasteiger charge is 2.29. The van der Waals surface area contributed by atoms with Gasteiger partial charge in [-0.25, -0.2) is 0 Å². The maximum absolute atomic E-state index is 12.8. The minimum Gasteiger partial charge on any atom is -0.487 e. The molecule has 2 aliphatic rings. The van der Waals surface area contributed by atoms with Gasteiger partial charge < -0.3 is 9.64 Å². The van der Waals surface area contributed by atoms with Crippen LogP contribution in [0.15, 0.2) is 36.4 Å². The van der Waals surface area contributed by atoms with E-state index in [1.165, 1.54) is 24.6 Å². The third-order valence-corrected chi connectivity index (χ3v) is 6.24. The van der Waals surface area contributed by atoms with Crippen LogP contribution in [-0.2, 0) is 6.61 Å². The minimum absolute atomic E-state index is 0.0184. The second-order valence-corrected chi connectivity index (χ2v) is 8.28. The number of nitrogens with zero attached hydrogens (tertiary/aromatic N) is 3. The Morgan fingerprint density at radius 2 is 1.89 bits per heavy atom. The lowest BCUT2D eigenvalue weighted by Crippen LogP contribution is -2.49. The number of thioether (sulfide) groups is 1. The first-order valence-corrected chi connectivity index (χ1v) is 10.8. The van der Waals surface area contributed by atoms with Gasteiger partial charge in [-0.1, -0.05) is 18.2 Å². The molecule has 2 saturated heterocycles. The first-order chi connectivity index (χ1) is 13.3. The summed E-state index contributed by atoms with van der Waals surface area (Å²) >= 11 is 2.04. The molecular formula is C20H26N4O2S. The standard InChI is InChI=1S/C20H26N4O2S/c25-20(24-8-6-17(7-9-24)23-10-12-27-13-11-23)19-14-16(21-22-19)15-26-18-4-2-1-3-5-18/h1-5,14,17H,6-13,15H2,(H,21,22). The topological polar surface area (TPSA) is 61.5 Å². The van der Waals surface area contributed by atoms with Crippen molar-refractivity contribution in [1.29, 1.82) is 0 Å². The average Bonchev–Trinajstić information content (AvgIpc) is 3.22. The van der Waals surface area contributed by atoms with Gasteiger partial charge >= 0.3 is 0 Å². The average molecular weight is 387 g/mol. The molecule has 0 radical (unpaired) electrons. The molecule has 27 heavy (non-hydrogen) atoms. The zero-order chi connectivity index (χ0) is 18.5. The predicted octanol–water partition coefficient (Wildman–Crippen LogP) is 2.64. The molecule has 0 unspecified atom stereocenters. The van der Waals surface area contributed by atoms with Crippen LogP contribution in [0.3, 0.4) is 0 Å². The number of carbonyl (C=O) groups excluding carboxylic acids is 1. The van der Waals surface area contributed by atoms with Crippen molar-refractivity contribution in [3.05, 3.63) is 47.8 Å². The Hall–Kier alpha value is -1.99. The number of piperidine rings is 1. The van der Waals surface area contributed by atoms with Gasteiger partial charge in [0, 0.05) is 43.7 Å². The Labute approximate surface area is 164 Å². The van der Waals surface area contributed by atoms with Crippen LogP contribution in [0.2, 0.25) is 0 Å². The summed E-state index contributed by atoms with van der Waals surface area (Å²) in [6, 6.07) is 12.1. The monoisotopic (exact) mass is 386 g/mol. The maximum atomic E-state index is 12.8. The lowest BCUT2D eigenvalue weighted by molar-refractivity contribution is 0.0625. The molecule has 1 amide bonds. The lowest BCUT2D eigenvalue weighted by Gasteiger charge is -2.39. The molecule has 4 rings (SSSR count). The number of likely N-dealkylation sites (tertiary alicyclic amines) is 1. The van der Waals surface area contributed by atoms with E-state index in [9.17, 15) is 4.79 Å². The van der Waals surface area contributed by atoms with Gasteiger partial charge in [0.2, 0.25) is 0 Å². The number of aromatic amines is 1. The Morgan fingerprint density at radius 1 is 1.15 bits per heavy atom. The third kappa shape index (κ3) is 4.65. The highest BCUT2D eigenvalue weighted by Crippen LogP contribution is 2.21. The molecule has 2 aromatic rings. The largest absolute Gasteiger partial charge is 0.487 e. The van der Waals surface area contributed by atoms with Crippen molar-refractivity contribution < 1.29 is 9.53 Å². The number of para-hydroxylation sites is 1. The Kier molecular flexibility index (Phi) is 5.99. The van der Waals surface area contributed by atoms with E-state index in [0.717, 1.165) is 37.4 Å². The van der Waals surface area contributed by atoms with Crippen LogP contribution < -0.4 is 4.74 Å². The highest BCUT2D eigenvalue weighted by molar-refractivity contribution is 7.99. The van der Waals surface area contributed by atoms with Crippen LogP contribution >= 0.6 is 11.8 Å². The van der Waals surface area contributed by atoms with Crippen molar-refractivity contribution in [3.63, 3.8) is 0 Å². The maximum Gasteiger partial charge on any atom is 0.274 e. The molecule has 7 heteroatoms. The second-order valence-electron chi connectivity index (χ2n) is 7.05. The summed E-state index contributed by atoms with van der Waals surface area (Å²) in [5.41, 5.74) is 1.29. The summed E-state index contributed by atoms with van der Waals surface area (Å²) in [5.74, 6) is 3.29. The summed E-state index contributed by atoms with van der Waals surface area (Å²) in [5, 5.41) is 7.13. The van der Waals surface area contributed by atoms with Gasteiger partial charge in [-0.05, 0) is 31.0 Å². The Morgan fingerprint density at radius 3 is 2.63 bits per heavy atom. The molecule has 1 aromatic heterocycles. The number of H-pyrrole nitrogens is 1. The molecule has 0 bridgehead atoms. The molecule has 1 N–H and O–H groups in total. The predicted molar refractivity (Wildman–Crippen MR) is 107 cm³/mol. The van der Waals surface area contributed by atoms with Crippen molar-refractivity contribution >= 4 is 17.7 Å². The number of aromatic nitrogens is 2. The number of hydrogen-bond donors (Lipinski definition) is 1. The second kappa shape index (κ2) is 8.80. The first-order valence-electron chi connectivity index (χ1n) is 9.63. The Bertz CT molecular complexity index is 737. The smallest absolute Gasteiger partial charge is 0.274 e. The number of benzene rings is 1. The zero-order valence-electron chi connectivity index (χ0n) is 15.5. The molecule has 2 aliphatic heterocycles. The van der Waals surface area contributed by atoms with Gasteiger partial charge in [0.05, 0.1) is 5.69 Å². The molecule has 0 aliphatic carbocycles. The van der Waals surface area contributed by atoms with E-state index in [-0.39, 0.29) is 5.91 Å². The summed E-state index contributed by atoms with van der Waals surface area (Å²) in [6.07, 6.45) is 2.12. The van der Waals surface area contributed by atoms with Gasteiger partial charge in [-0.15, -0.1) is 0 Å². The number of hydrogen-bond acceptors (Lipinski definition) is 5.